The third-order valence-electron chi connectivity index (χ3n) is 6.30. The number of amides is 1. The molecule has 1 aromatic heterocycles. The van der Waals surface area contributed by atoms with Gasteiger partial charge in [-0.1, -0.05) is 18.2 Å². The fourth-order valence-electron chi connectivity index (χ4n) is 4.09. The highest BCUT2D eigenvalue weighted by atomic mass is 32.2. The molecular formula is C26H31N3O5S. The van der Waals surface area contributed by atoms with Gasteiger partial charge in [0, 0.05) is 38.3 Å². The largest absolute Gasteiger partial charge is 0.497 e. The number of furan rings is 1. The van der Waals surface area contributed by atoms with Crippen molar-refractivity contribution in [3.8, 4) is 5.75 Å². The molecule has 0 bridgehead atoms. The van der Waals surface area contributed by atoms with E-state index in [2.05, 4.69) is 21.8 Å². The summed E-state index contributed by atoms with van der Waals surface area (Å²) in [7, 11) is -2.13. The summed E-state index contributed by atoms with van der Waals surface area (Å²) in [4.78, 5) is 17.5. The lowest BCUT2D eigenvalue weighted by Crippen LogP contribution is -2.49. The molecule has 2 heterocycles. The molecule has 1 fully saturated rings. The number of piperazine rings is 1. The van der Waals surface area contributed by atoms with Crippen molar-refractivity contribution in [3.63, 3.8) is 0 Å². The third-order valence-corrected chi connectivity index (χ3v) is 7.70. The van der Waals surface area contributed by atoms with E-state index in [0.29, 0.717) is 24.4 Å². The number of sulfonamides is 1. The number of nitrogens with zero attached hydrogens (tertiary/aromatic N) is 2. The number of hydrogen-bond acceptors (Lipinski definition) is 6. The Morgan fingerprint density at radius 1 is 1.06 bits per heavy atom. The Labute approximate surface area is 206 Å². The average Bonchev–Trinajstić information content (AvgIpc) is 3.41. The first-order valence-electron chi connectivity index (χ1n) is 11.6. The molecule has 1 aliphatic heterocycles. The van der Waals surface area contributed by atoms with Crippen molar-refractivity contribution in [2.75, 3.05) is 39.8 Å². The van der Waals surface area contributed by atoms with E-state index < -0.39 is 10.0 Å². The molecule has 0 aliphatic carbocycles. The van der Waals surface area contributed by atoms with Gasteiger partial charge in [0.1, 0.15) is 11.5 Å². The number of carbonyl (C=O) groups excluding carboxylic acids is 1. The second-order valence-electron chi connectivity index (χ2n) is 8.61. The van der Waals surface area contributed by atoms with E-state index in [4.69, 9.17) is 9.15 Å². The van der Waals surface area contributed by atoms with E-state index in [0.717, 1.165) is 37.4 Å². The van der Waals surface area contributed by atoms with Crippen LogP contribution in [0.5, 0.6) is 5.75 Å². The van der Waals surface area contributed by atoms with Gasteiger partial charge in [0.15, 0.2) is 0 Å². The van der Waals surface area contributed by atoms with Crippen molar-refractivity contribution in [3.05, 3.63) is 83.3 Å². The Morgan fingerprint density at radius 3 is 2.46 bits per heavy atom. The van der Waals surface area contributed by atoms with Crippen LogP contribution < -0.4 is 9.46 Å². The van der Waals surface area contributed by atoms with Gasteiger partial charge in [-0.15, -0.1) is 0 Å². The number of carbonyl (C=O) groups is 1. The maximum Gasteiger partial charge on any atom is 0.254 e. The molecule has 1 saturated heterocycles. The minimum atomic E-state index is -3.78. The first-order chi connectivity index (χ1) is 16.9. The molecule has 3 aromatic rings. The molecule has 1 amide bonds. The smallest absolute Gasteiger partial charge is 0.254 e. The van der Waals surface area contributed by atoms with E-state index in [1.165, 1.54) is 24.0 Å². The van der Waals surface area contributed by atoms with Crippen molar-refractivity contribution in [2.45, 2.75) is 24.8 Å². The van der Waals surface area contributed by atoms with E-state index in [1.807, 2.05) is 19.1 Å². The SMILES string of the molecule is COc1ccc(CCN2CCN(C(=O)c3cc(S(=O)(=O)NCc4ccco4)ccc3C)CC2)cc1. The molecule has 0 unspecified atom stereocenters. The van der Waals surface area contributed by atoms with Crippen LogP contribution in [0.1, 0.15) is 27.2 Å². The van der Waals surface area contributed by atoms with Gasteiger partial charge in [0.25, 0.3) is 5.91 Å². The Balaban J connectivity index is 1.34. The van der Waals surface area contributed by atoms with E-state index in [-0.39, 0.29) is 17.3 Å². The number of ether oxygens (including phenoxy) is 1. The zero-order valence-corrected chi connectivity index (χ0v) is 20.9. The Hall–Kier alpha value is -3.14. The minimum absolute atomic E-state index is 0.0466. The zero-order chi connectivity index (χ0) is 24.8. The highest BCUT2D eigenvalue weighted by molar-refractivity contribution is 7.89. The summed E-state index contributed by atoms with van der Waals surface area (Å²) < 4.78 is 38.5. The predicted octanol–water partition coefficient (Wildman–Crippen LogP) is 3.08. The zero-order valence-electron chi connectivity index (χ0n) is 20.1. The summed E-state index contributed by atoms with van der Waals surface area (Å²) in [5.74, 6) is 1.23. The van der Waals surface area contributed by atoms with Gasteiger partial charge in [-0.25, -0.2) is 13.1 Å². The molecule has 2 aromatic carbocycles. The lowest BCUT2D eigenvalue weighted by Gasteiger charge is -2.35. The normalized spacial score (nSPS) is 14.7. The second-order valence-corrected chi connectivity index (χ2v) is 10.4. The van der Waals surface area contributed by atoms with Gasteiger partial charge in [-0.05, 0) is 60.9 Å². The van der Waals surface area contributed by atoms with Gasteiger partial charge >= 0.3 is 0 Å². The standard InChI is InChI=1S/C26H31N3O5S/c1-20-5-10-24(35(31,32)27-19-23-4-3-17-34-23)18-25(20)26(30)29-15-13-28(14-16-29)12-11-21-6-8-22(33-2)9-7-21/h3-10,17-18,27H,11-16,19H2,1-2H3. The first kappa shape index (κ1) is 25.0. The van der Waals surface area contributed by atoms with E-state index >= 15 is 0 Å². The van der Waals surface area contributed by atoms with Gasteiger partial charge in [-0.3, -0.25) is 9.69 Å². The molecule has 0 saturated carbocycles. The summed E-state index contributed by atoms with van der Waals surface area (Å²) in [5.41, 5.74) is 2.41. The molecule has 4 rings (SSSR count). The van der Waals surface area contributed by atoms with Crippen LogP contribution in [0.4, 0.5) is 0 Å². The van der Waals surface area contributed by atoms with Crippen LogP contribution in [0, 0.1) is 6.92 Å². The topological polar surface area (TPSA) is 92.1 Å². The second kappa shape index (κ2) is 11.1. The van der Waals surface area contributed by atoms with Crippen LogP contribution in [-0.4, -0.2) is 64.0 Å². The lowest BCUT2D eigenvalue weighted by atomic mass is 10.1. The summed E-state index contributed by atoms with van der Waals surface area (Å²) >= 11 is 0. The number of rotatable bonds is 9. The fourth-order valence-corrected chi connectivity index (χ4v) is 5.10. The molecular weight excluding hydrogens is 466 g/mol. The molecule has 9 heteroatoms. The Bertz CT molecular complexity index is 1230. The fraction of sp³-hybridized carbons (Fsp3) is 0.346. The summed E-state index contributed by atoms with van der Waals surface area (Å²) in [6.45, 7) is 5.56. The lowest BCUT2D eigenvalue weighted by molar-refractivity contribution is 0.0637. The summed E-state index contributed by atoms with van der Waals surface area (Å²) in [6.07, 6.45) is 2.42. The number of aryl methyl sites for hydroxylation is 1. The molecule has 8 nitrogen and oxygen atoms in total. The van der Waals surface area contributed by atoms with Crippen LogP contribution in [0.15, 0.2) is 70.2 Å². The quantitative estimate of drug-likeness (QED) is 0.489. The van der Waals surface area contributed by atoms with Crippen molar-refractivity contribution in [1.29, 1.82) is 0 Å². The maximum absolute atomic E-state index is 13.3. The van der Waals surface area contributed by atoms with Gasteiger partial charge in [-0.2, -0.15) is 0 Å². The minimum Gasteiger partial charge on any atom is -0.497 e. The molecule has 1 aliphatic rings. The number of methoxy groups -OCH3 is 1. The summed E-state index contributed by atoms with van der Waals surface area (Å²) in [6, 6.07) is 16.2. The van der Waals surface area contributed by atoms with Gasteiger partial charge in [0.2, 0.25) is 10.0 Å². The monoisotopic (exact) mass is 497 g/mol. The molecule has 0 spiro atoms. The number of benzene rings is 2. The van der Waals surface area contributed by atoms with Crippen molar-refractivity contribution < 1.29 is 22.4 Å². The van der Waals surface area contributed by atoms with Crippen molar-refractivity contribution in [2.24, 2.45) is 0 Å². The van der Waals surface area contributed by atoms with Crippen LogP contribution in [0.3, 0.4) is 0 Å². The highest BCUT2D eigenvalue weighted by Gasteiger charge is 2.25. The Morgan fingerprint density at radius 2 is 1.80 bits per heavy atom. The van der Waals surface area contributed by atoms with Crippen LogP contribution in [-0.2, 0) is 23.0 Å². The van der Waals surface area contributed by atoms with E-state index in [9.17, 15) is 13.2 Å². The average molecular weight is 498 g/mol. The number of hydrogen-bond donors (Lipinski definition) is 1. The van der Waals surface area contributed by atoms with Gasteiger partial charge in [0.05, 0.1) is 24.8 Å². The molecule has 0 radical (unpaired) electrons. The van der Waals surface area contributed by atoms with Crippen LogP contribution in [0.25, 0.3) is 0 Å². The number of nitrogens with one attached hydrogen (secondary N) is 1. The third kappa shape index (κ3) is 6.30. The van der Waals surface area contributed by atoms with Crippen molar-refractivity contribution >= 4 is 15.9 Å². The molecule has 186 valence electrons. The molecule has 0 atom stereocenters. The molecule has 1 N–H and O–H groups in total. The first-order valence-corrected chi connectivity index (χ1v) is 13.1. The van der Waals surface area contributed by atoms with E-state index in [1.54, 1.807) is 30.2 Å². The van der Waals surface area contributed by atoms with Crippen LogP contribution in [0.2, 0.25) is 0 Å². The van der Waals surface area contributed by atoms with Crippen molar-refractivity contribution in [1.82, 2.24) is 14.5 Å². The van der Waals surface area contributed by atoms with Crippen LogP contribution >= 0.6 is 0 Å². The molecule has 35 heavy (non-hydrogen) atoms. The predicted molar refractivity (Wildman–Crippen MR) is 133 cm³/mol. The van der Waals surface area contributed by atoms with Gasteiger partial charge < -0.3 is 14.1 Å². The highest BCUT2D eigenvalue weighted by Crippen LogP contribution is 2.19. The maximum atomic E-state index is 13.3. The summed E-state index contributed by atoms with van der Waals surface area (Å²) in [5, 5.41) is 0. The Kier molecular flexibility index (Phi) is 7.90.